The zero-order chi connectivity index (χ0) is 27.8. The second-order valence-electron chi connectivity index (χ2n) is 9.59. The number of halogens is 1. The number of carboxylic acids is 1. The lowest BCUT2D eigenvalue weighted by molar-refractivity contribution is -0.137. The Labute approximate surface area is 229 Å². The first-order valence-electron chi connectivity index (χ1n) is 12.8. The van der Waals surface area contributed by atoms with E-state index in [9.17, 15) is 14.4 Å². The van der Waals surface area contributed by atoms with Crippen molar-refractivity contribution in [1.29, 1.82) is 0 Å². The molecule has 2 amide bonds. The van der Waals surface area contributed by atoms with Crippen LogP contribution in [-0.2, 0) is 9.59 Å². The lowest BCUT2D eigenvalue weighted by atomic mass is 10.0. The van der Waals surface area contributed by atoms with Crippen LogP contribution in [0.25, 0.3) is 0 Å². The van der Waals surface area contributed by atoms with E-state index in [0.29, 0.717) is 36.5 Å². The fraction of sp³-hybridized carbons (Fsp3) is 0.323. The molecule has 0 fully saturated rings. The normalized spacial score (nSPS) is 10.8. The summed E-state index contributed by atoms with van der Waals surface area (Å²) in [5, 5.41) is 9.67. The molecule has 1 N–H and O–H groups in total. The van der Waals surface area contributed by atoms with Gasteiger partial charge in [0.05, 0.1) is 0 Å². The molecule has 0 heterocycles. The van der Waals surface area contributed by atoms with Gasteiger partial charge in [-0.05, 0) is 87.1 Å². The molecule has 200 valence electrons. The van der Waals surface area contributed by atoms with Gasteiger partial charge in [-0.15, -0.1) is 0 Å². The van der Waals surface area contributed by atoms with E-state index in [2.05, 4.69) is 0 Å². The van der Waals surface area contributed by atoms with Crippen molar-refractivity contribution in [3.63, 3.8) is 0 Å². The smallest absolute Gasteiger partial charge is 0.303 e. The first-order valence-corrected chi connectivity index (χ1v) is 13.2. The second kappa shape index (κ2) is 13.2. The van der Waals surface area contributed by atoms with E-state index in [1.165, 1.54) is 0 Å². The van der Waals surface area contributed by atoms with E-state index in [0.717, 1.165) is 33.6 Å². The number of hydrogen-bond donors (Lipinski definition) is 1. The minimum atomic E-state index is -0.885. The van der Waals surface area contributed by atoms with Gasteiger partial charge in [-0.25, -0.2) is 0 Å². The van der Waals surface area contributed by atoms with Crippen molar-refractivity contribution in [2.24, 2.45) is 0 Å². The summed E-state index contributed by atoms with van der Waals surface area (Å²) in [5.41, 5.74) is 6.07. The van der Waals surface area contributed by atoms with Crippen LogP contribution in [0.1, 0.15) is 58.3 Å². The van der Waals surface area contributed by atoms with Gasteiger partial charge in [0.25, 0.3) is 5.91 Å². The van der Waals surface area contributed by atoms with Gasteiger partial charge >= 0.3 is 5.97 Å². The number of nitrogens with zero attached hydrogens (tertiary/aromatic N) is 2. The molecule has 0 saturated carbocycles. The predicted molar refractivity (Wildman–Crippen MR) is 153 cm³/mol. The van der Waals surface area contributed by atoms with Crippen molar-refractivity contribution >= 4 is 40.8 Å². The predicted octanol–water partition coefficient (Wildman–Crippen LogP) is 6.90. The zero-order valence-electron chi connectivity index (χ0n) is 22.5. The third-order valence-corrected chi connectivity index (χ3v) is 6.85. The van der Waals surface area contributed by atoms with Crippen LogP contribution >= 0.6 is 11.6 Å². The van der Waals surface area contributed by atoms with E-state index in [1.807, 2.05) is 64.1 Å². The highest BCUT2D eigenvalue weighted by Crippen LogP contribution is 2.29. The minimum absolute atomic E-state index is 0.00928. The second-order valence-corrected chi connectivity index (χ2v) is 10.0. The number of aliphatic carboxylic acids is 1. The van der Waals surface area contributed by atoms with Gasteiger partial charge in [0.15, 0.2) is 0 Å². The summed E-state index contributed by atoms with van der Waals surface area (Å²) in [6.07, 6.45) is 1.02. The number of hydrogen-bond acceptors (Lipinski definition) is 3. The summed E-state index contributed by atoms with van der Waals surface area (Å²) in [7, 11) is 0. The Morgan fingerprint density at radius 2 is 1.13 bits per heavy atom. The van der Waals surface area contributed by atoms with Gasteiger partial charge in [0, 0.05) is 47.9 Å². The number of anilines is 2. The van der Waals surface area contributed by atoms with Crippen LogP contribution in [-0.4, -0.2) is 36.0 Å². The minimum Gasteiger partial charge on any atom is -0.481 e. The van der Waals surface area contributed by atoms with Crippen LogP contribution in [0.15, 0.2) is 60.7 Å². The molecular formula is C31H35ClN2O4. The molecule has 0 bridgehead atoms. The molecular weight excluding hydrogens is 500 g/mol. The van der Waals surface area contributed by atoms with Crippen LogP contribution in [0.3, 0.4) is 0 Å². The summed E-state index contributed by atoms with van der Waals surface area (Å²) in [6.45, 7) is 8.53. The maximum absolute atomic E-state index is 13.6. The topological polar surface area (TPSA) is 77.9 Å². The van der Waals surface area contributed by atoms with Crippen molar-refractivity contribution < 1.29 is 19.5 Å². The molecule has 7 heteroatoms. The Hall–Kier alpha value is -3.64. The van der Waals surface area contributed by atoms with Crippen LogP contribution in [0, 0.1) is 27.7 Å². The highest BCUT2D eigenvalue weighted by atomic mass is 35.5. The van der Waals surface area contributed by atoms with Gasteiger partial charge in [-0.3, -0.25) is 14.4 Å². The monoisotopic (exact) mass is 534 g/mol. The average molecular weight is 535 g/mol. The zero-order valence-corrected chi connectivity index (χ0v) is 23.2. The first-order chi connectivity index (χ1) is 18.1. The molecule has 0 saturated heterocycles. The maximum atomic E-state index is 13.6. The molecule has 0 aliphatic rings. The lowest BCUT2D eigenvalue weighted by Gasteiger charge is -2.28. The first kappa shape index (κ1) is 28.9. The van der Waals surface area contributed by atoms with Gasteiger partial charge in [-0.2, -0.15) is 0 Å². The largest absolute Gasteiger partial charge is 0.481 e. The maximum Gasteiger partial charge on any atom is 0.303 e. The van der Waals surface area contributed by atoms with Crippen LogP contribution in [0.5, 0.6) is 0 Å². The summed E-state index contributed by atoms with van der Waals surface area (Å²) in [4.78, 5) is 41.7. The van der Waals surface area contributed by atoms with Crippen LogP contribution in [0.2, 0.25) is 5.02 Å². The molecule has 0 aliphatic carbocycles. The van der Waals surface area contributed by atoms with Crippen molar-refractivity contribution in [3.8, 4) is 0 Å². The Morgan fingerprint density at radius 3 is 1.63 bits per heavy atom. The number of para-hydroxylation sites is 2. The summed E-state index contributed by atoms with van der Waals surface area (Å²) >= 11 is 6.04. The number of benzene rings is 3. The number of carbonyl (C=O) groups is 3. The molecule has 0 radical (unpaired) electrons. The van der Waals surface area contributed by atoms with Crippen molar-refractivity contribution in [2.45, 2.75) is 53.4 Å². The van der Waals surface area contributed by atoms with Crippen LogP contribution < -0.4 is 9.80 Å². The molecule has 3 rings (SSSR count). The average Bonchev–Trinajstić information content (AvgIpc) is 2.86. The molecule has 3 aromatic carbocycles. The van der Waals surface area contributed by atoms with E-state index in [1.54, 1.807) is 34.1 Å². The third kappa shape index (κ3) is 7.23. The summed E-state index contributed by atoms with van der Waals surface area (Å²) < 4.78 is 0. The molecule has 38 heavy (non-hydrogen) atoms. The Bertz CT molecular complexity index is 1260. The summed E-state index contributed by atoms with van der Waals surface area (Å²) in [6, 6.07) is 18.6. The highest BCUT2D eigenvalue weighted by molar-refractivity contribution is 6.30. The number of aryl methyl sites for hydroxylation is 4. The van der Waals surface area contributed by atoms with Crippen molar-refractivity contribution in [1.82, 2.24) is 0 Å². The van der Waals surface area contributed by atoms with Crippen molar-refractivity contribution in [2.75, 3.05) is 22.9 Å². The lowest BCUT2D eigenvalue weighted by Crippen LogP contribution is -2.36. The van der Waals surface area contributed by atoms with Gasteiger partial charge in [0.1, 0.15) is 0 Å². The van der Waals surface area contributed by atoms with Crippen LogP contribution in [0.4, 0.5) is 11.4 Å². The molecule has 0 unspecified atom stereocenters. The van der Waals surface area contributed by atoms with E-state index >= 15 is 0 Å². The van der Waals surface area contributed by atoms with Gasteiger partial charge in [0.2, 0.25) is 5.91 Å². The van der Waals surface area contributed by atoms with Gasteiger partial charge < -0.3 is 14.9 Å². The molecule has 3 aromatic rings. The van der Waals surface area contributed by atoms with E-state index < -0.39 is 5.97 Å². The van der Waals surface area contributed by atoms with E-state index in [-0.39, 0.29) is 24.7 Å². The number of carboxylic acid groups (broad SMARTS) is 1. The Kier molecular flexibility index (Phi) is 10.1. The highest BCUT2D eigenvalue weighted by Gasteiger charge is 2.23. The number of rotatable bonds is 11. The third-order valence-electron chi connectivity index (χ3n) is 6.60. The SMILES string of the molecule is Cc1cccc(C)c1N(CCCC(=O)O)C(=O)CCCN(C(=O)c1ccc(Cl)cc1)c1c(C)cccc1C. The number of amides is 2. The Balaban J connectivity index is 1.83. The summed E-state index contributed by atoms with van der Waals surface area (Å²) in [5.74, 6) is -1.13. The fourth-order valence-electron chi connectivity index (χ4n) is 4.80. The van der Waals surface area contributed by atoms with E-state index in [4.69, 9.17) is 16.7 Å². The van der Waals surface area contributed by atoms with Gasteiger partial charge in [-0.1, -0.05) is 48.0 Å². The van der Waals surface area contributed by atoms with Crippen molar-refractivity contribution in [3.05, 3.63) is 93.5 Å². The molecule has 0 aromatic heterocycles. The fourth-order valence-corrected chi connectivity index (χ4v) is 4.92. The quantitative estimate of drug-likeness (QED) is 0.290. The number of carbonyl (C=O) groups excluding carboxylic acids is 2. The molecule has 0 aliphatic heterocycles. The standard InChI is InChI=1S/C31H35ClN2O4/c1-21-9-5-10-22(2)29(21)33(19-8-14-28(36)37)27(35)13-7-20-34(30-23(3)11-6-12-24(30)4)31(38)25-15-17-26(32)18-16-25/h5-6,9-12,15-18H,7-8,13-14,19-20H2,1-4H3,(H,36,37). The molecule has 0 spiro atoms. The molecule has 0 atom stereocenters. The Morgan fingerprint density at radius 1 is 0.684 bits per heavy atom. The molecule has 6 nitrogen and oxygen atoms in total.